The SMILES string of the molecule is CN(O)C(=O)CCCCSCC1C2CCC(O2)C1CCOCc1ccccc1. The van der Waals surface area contributed by atoms with Gasteiger partial charge in [0.15, 0.2) is 0 Å². The highest BCUT2D eigenvalue weighted by atomic mass is 32.2. The van der Waals surface area contributed by atoms with Crippen molar-refractivity contribution in [2.45, 2.75) is 57.3 Å². The third-order valence-corrected chi connectivity index (χ3v) is 7.10. The van der Waals surface area contributed by atoms with Crippen molar-refractivity contribution in [3.05, 3.63) is 35.9 Å². The maximum absolute atomic E-state index is 11.4. The number of benzene rings is 1. The predicted molar refractivity (Wildman–Crippen MR) is 111 cm³/mol. The Kier molecular flexibility index (Phi) is 8.65. The van der Waals surface area contributed by atoms with Gasteiger partial charge in [0.1, 0.15) is 0 Å². The molecule has 2 aliphatic heterocycles. The summed E-state index contributed by atoms with van der Waals surface area (Å²) in [5.74, 6) is 3.24. The first-order chi connectivity index (χ1) is 13.6. The van der Waals surface area contributed by atoms with Crippen LogP contribution in [-0.4, -0.2) is 53.5 Å². The van der Waals surface area contributed by atoms with E-state index in [0.717, 1.165) is 37.4 Å². The van der Waals surface area contributed by atoms with Crippen LogP contribution < -0.4 is 0 Å². The molecule has 2 aliphatic rings. The molecule has 28 heavy (non-hydrogen) atoms. The number of hydroxylamine groups is 2. The molecule has 6 heteroatoms. The Hall–Kier alpha value is -1.08. The molecular formula is C22H33NO4S. The van der Waals surface area contributed by atoms with Gasteiger partial charge in [-0.2, -0.15) is 11.8 Å². The molecule has 0 aromatic heterocycles. The van der Waals surface area contributed by atoms with Crippen LogP contribution in [0, 0.1) is 11.8 Å². The molecule has 5 nitrogen and oxygen atoms in total. The lowest BCUT2D eigenvalue weighted by Crippen LogP contribution is -2.30. The molecule has 1 aromatic rings. The number of fused-ring (bicyclic) bond motifs is 2. The number of carbonyl (C=O) groups is 1. The summed E-state index contributed by atoms with van der Waals surface area (Å²) < 4.78 is 12.1. The van der Waals surface area contributed by atoms with Gasteiger partial charge in [-0.1, -0.05) is 30.3 Å². The lowest BCUT2D eigenvalue weighted by atomic mass is 9.79. The van der Waals surface area contributed by atoms with E-state index >= 15 is 0 Å². The van der Waals surface area contributed by atoms with Gasteiger partial charge in [0, 0.05) is 20.1 Å². The fourth-order valence-electron chi connectivity index (χ4n) is 4.35. The number of ether oxygens (including phenoxy) is 2. The normalized spacial score (nSPS) is 25.9. The lowest BCUT2D eigenvalue weighted by Gasteiger charge is -2.27. The molecule has 2 saturated heterocycles. The molecular weight excluding hydrogens is 374 g/mol. The van der Waals surface area contributed by atoms with E-state index < -0.39 is 0 Å². The second kappa shape index (κ2) is 11.2. The van der Waals surface area contributed by atoms with Crippen LogP contribution in [0.3, 0.4) is 0 Å². The van der Waals surface area contributed by atoms with Gasteiger partial charge in [0.2, 0.25) is 5.91 Å². The minimum Gasteiger partial charge on any atom is -0.377 e. The number of nitrogens with zero attached hydrogens (tertiary/aromatic N) is 1. The highest BCUT2D eigenvalue weighted by Gasteiger charge is 2.48. The summed E-state index contributed by atoms with van der Waals surface area (Å²) in [4.78, 5) is 11.4. The smallest absolute Gasteiger partial charge is 0.245 e. The number of rotatable bonds is 12. The topological polar surface area (TPSA) is 59.0 Å². The maximum atomic E-state index is 11.4. The van der Waals surface area contributed by atoms with Gasteiger partial charge in [0.25, 0.3) is 0 Å². The summed E-state index contributed by atoms with van der Waals surface area (Å²) in [6.45, 7) is 1.48. The first-order valence-corrected chi connectivity index (χ1v) is 11.6. The molecule has 0 aliphatic carbocycles. The highest BCUT2D eigenvalue weighted by molar-refractivity contribution is 7.99. The van der Waals surface area contributed by atoms with Crippen molar-refractivity contribution < 1.29 is 19.5 Å². The summed E-state index contributed by atoms with van der Waals surface area (Å²) >= 11 is 1.98. The second-order valence-corrected chi connectivity index (χ2v) is 9.04. The molecule has 2 fully saturated rings. The summed E-state index contributed by atoms with van der Waals surface area (Å²) in [6.07, 6.45) is 6.61. The molecule has 4 unspecified atom stereocenters. The van der Waals surface area contributed by atoms with E-state index in [4.69, 9.17) is 14.7 Å². The number of unbranched alkanes of at least 4 members (excludes halogenated alkanes) is 1. The highest BCUT2D eigenvalue weighted by Crippen LogP contribution is 2.46. The van der Waals surface area contributed by atoms with Gasteiger partial charge in [-0.25, -0.2) is 5.06 Å². The van der Waals surface area contributed by atoms with Crippen LogP contribution in [0.15, 0.2) is 30.3 Å². The van der Waals surface area contributed by atoms with Crippen molar-refractivity contribution >= 4 is 17.7 Å². The predicted octanol–water partition coefficient (Wildman–Crippen LogP) is 4.14. The fraction of sp³-hybridized carbons (Fsp3) is 0.682. The minimum absolute atomic E-state index is 0.206. The maximum Gasteiger partial charge on any atom is 0.245 e. The van der Waals surface area contributed by atoms with E-state index in [-0.39, 0.29) is 5.91 Å². The van der Waals surface area contributed by atoms with Crippen LogP contribution >= 0.6 is 11.8 Å². The Balaban J connectivity index is 1.32. The quantitative estimate of drug-likeness (QED) is 0.321. The van der Waals surface area contributed by atoms with Crippen LogP contribution in [0.5, 0.6) is 0 Å². The molecule has 2 heterocycles. The van der Waals surface area contributed by atoms with Gasteiger partial charge in [-0.15, -0.1) is 0 Å². The molecule has 1 N–H and O–H groups in total. The number of thioether (sulfide) groups is 1. The molecule has 1 aromatic carbocycles. The Morgan fingerprint density at radius 2 is 1.96 bits per heavy atom. The van der Waals surface area contributed by atoms with Crippen LogP contribution in [0.1, 0.15) is 44.1 Å². The van der Waals surface area contributed by atoms with Crippen molar-refractivity contribution in [1.82, 2.24) is 5.06 Å². The first-order valence-electron chi connectivity index (χ1n) is 10.5. The zero-order valence-electron chi connectivity index (χ0n) is 16.8. The van der Waals surface area contributed by atoms with E-state index in [0.29, 0.717) is 42.1 Å². The van der Waals surface area contributed by atoms with Gasteiger partial charge in [-0.05, 0) is 61.0 Å². The average Bonchev–Trinajstić information content (AvgIpc) is 3.30. The first kappa shape index (κ1) is 21.6. The second-order valence-electron chi connectivity index (χ2n) is 7.89. The van der Waals surface area contributed by atoms with Crippen LogP contribution in [0.25, 0.3) is 0 Å². The standard InChI is InChI=1S/C22H33NO4S/c1-23(25)22(24)9-5-6-14-28-16-19-18(20-10-11-21(19)27-20)12-13-26-15-17-7-3-2-4-8-17/h2-4,7-8,18-21,25H,5-6,9-16H2,1H3. The van der Waals surface area contributed by atoms with Gasteiger partial charge < -0.3 is 9.47 Å². The van der Waals surface area contributed by atoms with Gasteiger partial charge in [0.05, 0.1) is 18.8 Å². The monoisotopic (exact) mass is 407 g/mol. The Morgan fingerprint density at radius 1 is 1.21 bits per heavy atom. The lowest BCUT2D eigenvalue weighted by molar-refractivity contribution is -0.159. The van der Waals surface area contributed by atoms with E-state index in [1.165, 1.54) is 25.5 Å². The number of hydrogen-bond donors (Lipinski definition) is 1. The number of carbonyl (C=O) groups excluding carboxylic acids is 1. The summed E-state index contributed by atoms with van der Waals surface area (Å²) in [5.41, 5.74) is 1.23. The largest absolute Gasteiger partial charge is 0.377 e. The van der Waals surface area contributed by atoms with Crippen molar-refractivity contribution in [2.75, 3.05) is 25.2 Å². The zero-order chi connectivity index (χ0) is 19.8. The van der Waals surface area contributed by atoms with E-state index in [1.807, 2.05) is 30.0 Å². The molecule has 4 atom stereocenters. The van der Waals surface area contributed by atoms with Crippen LogP contribution in [0.2, 0.25) is 0 Å². The van der Waals surface area contributed by atoms with E-state index in [2.05, 4.69) is 12.1 Å². The molecule has 156 valence electrons. The van der Waals surface area contributed by atoms with E-state index in [1.54, 1.807) is 0 Å². The van der Waals surface area contributed by atoms with Crippen molar-refractivity contribution in [3.63, 3.8) is 0 Å². The van der Waals surface area contributed by atoms with Crippen LogP contribution in [-0.2, 0) is 20.9 Å². The van der Waals surface area contributed by atoms with Crippen molar-refractivity contribution in [2.24, 2.45) is 11.8 Å². The molecule has 1 amide bonds. The fourth-order valence-corrected chi connectivity index (χ4v) is 5.66. The van der Waals surface area contributed by atoms with Gasteiger partial charge >= 0.3 is 0 Å². The van der Waals surface area contributed by atoms with Crippen LogP contribution in [0.4, 0.5) is 0 Å². The third-order valence-electron chi connectivity index (χ3n) is 5.90. The third kappa shape index (κ3) is 6.21. The Morgan fingerprint density at radius 3 is 2.71 bits per heavy atom. The van der Waals surface area contributed by atoms with E-state index in [9.17, 15) is 4.79 Å². The summed E-state index contributed by atoms with van der Waals surface area (Å²) in [5, 5.41) is 9.75. The van der Waals surface area contributed by atoms with Crippen molar-refractivity contribution in [3.8, 4) is 0 Å². The number of amides is 1. The molecule has 3 rings (SSSR count). The van der Waals surface area contributed by atoms with Gasteiger partial charge in [-0.3, -0.25) is 10.0 Å². The zero-order valence-corrected chi connectivity index (χ0v) is 17.6. The molecule has 0 spiro atoms. The number of hydrogen-bond acceptors (Lipinski definition) is 5. The molecule has 2 bridgehead atoms. The molecule has 0 saturated carbocycles. The molecule has 0 radical (unpaired) electrons. The van der Waals surface area contributed by atoms with Crippen molar-refractivity contribution in [1.29, 1.82) is 0 Å². The Labute approximate surface area is 172 Å². The summed E-state index contributed by atoms with van der Waals surface area (Å²) in [6, 6.07) is 10.3. The minimum atomic E-state index is -0.206. The average molecular weight is 408 g/mol. The summed E-state index contributed by atoms with van der Waals surface area (Å²) in [7, 11) is 1.38. The Bertz CT molecular complexity index is 597.